The van der Waals surface area contributed by atoms with Crippen molar-refractivity contribution in [3.8, 4) is 11.5 Å². The molecule has 1 N–H and O–H groups in total. The number of aliphatic carboxylic acids is 1. The van der Waals surface area contributed by atoms with Crippen molar-refractivity contribution in [2.24, 2.45) is 17.8 Å². The van der Waals surface area contributed by atoms with Gasteiger partial charge >= 0.3 is 5.97 Å². The van der Waals surface area contributed by atoms with E-state index in [9.17, 15) is 4.79 Å². The van der Waals surface area contributed by atoms with Crippen molar-refractivity contribution in [3.63, 3.8) is 0 Å². The topological polar surface area (TPSA) is 74.2 Å². The van der Waals surface area contributed by atoms with E-state index in [4.69, 9.17) is 24.1 Å². The molecule has 6 nitrogen and oxygen atoms in total. The predicted octanol–water partition coefficient (Wildman–Crippen LogP) is 4.89. The summed E-state index contributed by atoms with van der Waals surface area (Å²) >= 11 is 0. The van der Waals surface area contributed by atoms with Gasteiger partial charge in [0.25, 0.3) is 0 Å². The molecule has 2 rings (SSSR count). The highest BCUT2D eigenvalue weighted by Gasteiger charge is 2.32. The minimum absolute atomic E-state index is 0.182. The fourth-order valence-electron chi connectivity index (χ4n) is 3.34. The van der Waals surface area contributed by atoms with E-state index in [0.29, 0.717) is 50.4 Å². The maximum atomic E-state index is 11.0. The quantitative estimate of drug-likeness (QED) is 0.517. The van der Waals surface area contributed by atoms with E-state index in [-0.39, 0.29) is 18.8 Å². The van der Waals surface area contributed by atoms with Gasteiger partial charge in [0.15, 0.2) is 0 Å². The van der Waals surface area contributed by atoms with Gasteiger partial charge in [-0.1, -0.05) is 41.5 Å². The molecule has 30 heavy (non-hydrogen) atoms. The number of hydrogen-bond donors (Lipinski definition) is 1. The lowest BCUT2D eigenvalue weighted by atomic mass is 9.86. The maximum Gasteiger partial charge on any atom is 0.329 e. The van der Waals surface area contributed by atoms with Crippen LogP contribution in [0.3, 0.4) is 0 Å². The van der Waals surface area contributed by atoms with E-state index in [1.54, 1.807) is 0 Å². The van der Waals surface area contributed by atoms with E-state index in [2.05, 4.69) is 47.6 Å². The number of carboxylic acids is 1. The fourth-order valence-corrected chi connectivity index (χ4v) is 3.34. The normalized spacial score (nSPS) is 18.7. The molecule has 0 aromatic heterocycles. The van der Waals surface area contributed by atoms with Gasteiger partial charge in [0.05, 0.1) is 25.4 Å². The summed E-state index contributed by atoms with van der Waals surface area (Å²) < 4.78 is 24.1. The Kier molecular flexibility index (Phi) is 9.43. The molecule has 0 aliphatic heterocycles. The minimum atomic E-state index is -0.964. The van der Waals surface area contributed by atoms with Crippen molar-refractivity contribution in [3.05, 3.63) is 23.3 Å². The van der Waals surface area contributed by atoms with Crippen LogP contribution in [0.25, 0.3) is 0 Å². The summed E-state index contributed by atoms with van der Waals surface area (Å²) in [7, 11) is 0. The summed E-state index contributed by atoms with van der Waals surface area (Å²) in [5.74, 6) is 1.80. The number of hydrogen-bond acceptors (Lipinski definition) is 5. The monoisotopic (exact) mass is 422 g/mol. The van der Waals surface area contributed by atoms with Gasteiger partial charge in [-0.3, -0.25) is 0 Å². The summed E-state index contributed by atoms with van der Waals surface area (Å²) in [4.78, 5) is 11.0. The van der Waals surface area contributed by atoms with Crippen molar-refractivity contribution < 1.29 is 28.8 Å². The van der Waals surface area contributed by atoms with Crippen LogP contribution in [0, 0.1) is 17.8 Å². The van der Waals surface area contributed by atoms with E-state index < -0.39 is 5.97 Å². The largest absolute Gasteiger partial charge is 0.493 e. The van der Waals surface area contributed by atoms with Crippen molar-refractivity contribution in [1.82, 2.24) is 0 Å². The molecule has 6 heteroatoms. The lowest BCUT2D eigenvalue weighted by Crippen LogP contribution is -2.30. The van der Waals surface area contributed by atoms with Crippen molar-refractivity contribution >= 4 is 5.97 Å². The van der Waals surface area contributed by atoms with Gasteiger partial charge < -0.3 is 24.1 Å². The van der Waals surface area contributed by atoms with Gasteiger partial charge in [-0.05, 0) is 29.4 Å². The Bertz CT molecular complexity index is 683. The first kappa shape index (κ1) is 24.5. The first-order chi connectivity index (χ1) is 14.2. The molecule has 1 aromatic carbocycles. The zero-order valence-corrected chi connectivity index (χ0v) is 19.3. The lowest BCUT2D eigenvalue weighted by molar-refractivity contribution is -0.145. The molecule has 170 valence electrons. The molecule has 0 radical (unpaired) electrons. The molecule has 0 spiro atoms. The van der Waals surface area contributed by atoms with Gasteiger partial charge in [0, 0.05) is 31.1 Å². The fraction of sp³-hybridized carbons (Fsp3) is 0.708. The van der Waals surface area contributed by atoms with Crippen LogP contribution in [0.5, 0.6) is 11.5 Å². The van der Waals surface area contributed by atoms with Crippen LogP contribution in [-0.2, 0) is 20.7 Å². The second-order valence-electron chi connectivity index (χ2n) is 9.38. The third-order valence-electron chi connectivity index (χ3n) is 4.70. The van der Waals surface area contributed by atoms with Gasteiger partial charge in [-0.2, -0.15) is 0 Å². The molecule has 0 saturated carbocycles. The van der Waals surface area contributed by atoms with Gasteiger partial charge in [-0.25, -0.2) is 4.79 Å². The van der Waals surface area contributed by atoms with E-state index in [0.717, 1.165) is 22.6 Å². The number of benzene rings is 1. The standard InChI is InChI=1S/C24H38O6/c1-15(2)11-27-18-7-20-21(22(9-18)29-12-16(3)4)8-19(28-14-24(25)26)10-23(20)30-13-17(5)6/h7,9,15-17,19,23H,8,10-14H2,1-6H3,(H,25,26)/t19-,23+/m1/s1. The first-order valence-electron chi connectivity index (χ1n) is 11.0. The molecular formula is C24H38O6. The van der Waals surface area contributed by atoms with Gasteiger partial charge in [0.1, 0.15) is 18.1 Å². The maximum absolute atomic E-state index is 11.0. The van der Waals surface area contributed by atoms with E-state index in [1.165, 1.54) is 0 Å². The van der Waals surface area contributed by atoms with Crippen LogP contribution < -0.4 is 9.47 Å². The van der Waals surface area contributed by atoms with Crippen LogP contribution >= 0.6 is 0 Å². The zero-order chi connectivity index (χ0) is 22.3. The average Bonchev–Trinajstić information content (AvgIpc) is 2.66. The van der Waals surface area contributed by atoms with E-state index >= 15 is 0 Å². The molecule has 0 heterocycles. The van der Waals surface area contributed by atoms with Gasteiger partial charge in [0.2, 0.25) is 0 Å². The van der Waals surface area contributed by atoms with Crippen molar-refractivity contribution in [2.45, 2.75) is 66.6 Å². The molecular weight excluding hydrogens is 384 g/mol. The molecule has 1 aliphatic carbocycles. The average molecular weight is 423 g/mol. The van der Waals surface area contributed by atoms with Crippen molar-refractivity contribution in [2.75, 3.05) is 26.4 Å². The van der Waals surface area contributed by atoms with Crippen LogP contribution in [0.2, 0.25) is 0 Å². The molecule has 0 amide bonds. The summed E-state index contributed by atoms with van der Waals surface area (Å²) in [6.07, 6.45) is 0.806. The Morgan fingerprint density at radius 2 is 1.60 bits per heavy atom. The second-order valence-corrected chi connectivity index (χ2v) is 9.38. The SMILES string of the molecule is CC(C)COc1cc(OCC(C)C)c2c(c1)[C@@H](OCC(C)C)C[C@H](OCC(=O)O)C2. The van der Waals surface area contributed by atoms with Crippen LogP contribution in [0.15, 0.2) is 12.1 Å². The smallest absolute Gasteiger partial charge is 0.329 e. The van der Waals surface area contributed by atoms with Crippen molar-refractivity contribution in [1.29, 1.82) is 0 Å². The highest BCUT2D eigenvalue weighted by Crippen LogP contribution is 2.41. The number of fused-ring (bicyclic) bond motifs is 1. The number of carboxylic acid groups (broad SMARTS) is 1. The Morgan fingerprint density at radius 3 is 2.20 bits per heavy atom. The Morgan fingerprint density at radius 1 is 0.967 bits per heavy atom. The molecule has 2 atom stereocenters. The Labute approximate surface area is 180 Å². The molecule has 1 aliphatic rings. The molecule has 0 unspecified atom stereocenters. The molecule has 0 bridgehead atoms. The molecule has 0 saturated heterocycles. The molecule has 1 aromatic rings. The summed E-state index contributed by atoms with van der Waals surface area (Å²) in [6, 6.07) is 4.00. The number of ether oxygens (including phenoxy) is 4. The summed E-state index contributed by atoms with van der Waals surface area (Å²) in [6.45, 7) is 14.2. The van der Waals surface area contributed by atoms with Crippen LogP contribution in [0.1, 0.15) is 65.2 Å². The minimum Gasteiger partial charge on any atom is -0.493 e. The first-order valence-corrected chi connectivity index (χ1v) is 11.0. The number of carbonyl (C=O) groups is 1. The zero-order valence-electron chi connectivity index (χ0n) is 19.3. The summed E-state index contributed by atoms with van der Waals surface area (Å²) in [5.41, 5.74) is 2.09. The van der Waals surface area contributed by atoms with E-state index in [1.807, 2.05) is 6.07 Å². The highest BCUT2D eigenvalue weighted by atomic mass is 16.5. The highest BCUT2D eigenvalue weighted by molar-refractivity contribution is 5.68. The van der Waals surface area contributed by atoms with Crippen LogP contribution in [0.4, 0.5) is 0 Å². The Balaban J connectivity index is 2.37. The third-order valence-corrected chi connectivity index (χ3v) is 4.70. The number of rotatable bonds is 12. The Hall–Kier alpha value is -1.79. The second kappa shape index (κ2) is 11.6. The third kappa shape index (κ3) is 7.80. The predicted molar refractivity (Wildman–Crippen MR) is 116 cm³/mol. The van der Waals surface area contributed by atoms with Gasteiger partial charge in [-0.15, -0.1) is 0 Å². The summed E-state index contributed by atoms with van der Waals surface area (Å²) in [5, 5.41) is 9.02. The lowest BCUT2D eigenvalue weighted by Gasteiger charge is -2.33. The van der Waals surface area contributed by atoms with Crippen LogP contribution in [-0.4, -0.2) is 43.6 Å². The molecule has 0 fully saturated rings.